The van der Waals surface area contributed by atoms with Gasteiger partial charge in [0, 0.05) is 17.3 Å². The van der Waals surface area contributed by atoms with E-state index in [2.05, 4.69) is 48.4 Å². The van der Waals surface area contributed by atoms with Crippen molar-refractivity contribution in [2.45, 2.75) is 19.8 Å². The van der Waals surface area contributed by atoms with Crippen LogP contribution in [0.3, 0.4) is 0 Å². The van der Waals surface area contributed by atoms with Gasteiger partial charge in [-0.1, -0.05) is 26.0 Å². The highest BCUT2D eigenvalue weighted by Crippen LogP contribution is 2.21. The van der Waals surface area contributed by atoms with Gasteiger partial charge in [0.25, 0.3) is 0 Å². The summed E-state index contributed by atoms with van der Waals surface area (Å²) in [5, 5.41) is 6.16. The van der Waals surface area contributed by atoms with E-state index >= 15 is 0 Å². The highest BCUT2D eigenvalue weighted by atomic mass is 32.1. The van der Waals surface area contributed by atoms with Gasteiger partial charge in [0.15, 0.2) is 5.13 Å². The van der Waals surface area contributed by atoms with E-state index in [0.717, 1.165) is 10.8 Å². The number of hydrogen-bond acceptors (Lipinski definition) is 3. The molecule has 78 valence electrons. The van der Waals surface area contributed by atoms with Gasteiger partial charge in [-0.2, -0.15) is 0 Å². The number of nitrogens with one attached hydrogen (secondary N) is 1. The van der Waals surface area contributed by atoms with Crippen molar-refractivity contribution in [1.82, 2.24) is 4.98 Å². The molecule has 2 aromatic rings. The first-order valence-electron chi connectivity index (χ1n) is 5.02. The maximum absolute atomic E-state index is 4.18. The van der Waals surface area contributed by atoms with E-state index in [1.165, 1.54) is 5.56 Å². The highest BCUT2D eigenvalue weighted by Gasteiger charge is 1.99. The number of hydrogen-bond donors (Lipinski definition) is 1. The molecule has 0 fully saturated rings. The van der Waals surface area contributed by atoms with Crippen molar-refractivity contribution in [1.29, 1.82) is 0 Å². The van der Waals surface area contributed by atoms with Gasteiger partial charge in [0.05, 0.1) is 0 Å². The van der Waals surface area contributed by atoms with Crippen molar-refractivity contribution < 1.29 is 0 Å². The highest BCUT2D eigenvalue weighted by molar-refractivity contribution is 7.13. The number of aromatic nitrogens is 1. The third-order valence-electron chi connectivity index (χ3n) is 2.26. The van der Waals surface area contributed by atoms with Crippen LogP contribution in [0.25, 0.3) is 0 Å². The SMILES string of the molecule is CC(C)c1ccc(Nc2nccs2)cc1. The summed E-state index contributed by atoms with van der Waals surface area (Å²) in [6, 6.07) is 8.49. The van der Waals surface area contributed by atoms with Crippen LogP contribution in [-0.2, 0) is 0 Å². The van der Waals surface area contributed by atoms with Gasteiger partial charge < -0.3 is 5.32 Å². The lowest BCUT2D eigenvalue weighted by Crippen LogP contribution is -1.91. The maximum Gasteiger partial charge on any atom is 0.187 e. The fraction of sp³-hybridized carbons (Fsp3) is 0.250. The lowest BCUT2D eigenvalue weighted by Gasteiger charge is -2.07. The molecule has 0 saturated heterocycles. The first kappa shape index (κ1) is 10.2. The Kier molecular flexibility index (Phi) is 3.02. The Morgan fingerprint density at radius 1 is 1.20 bits per heavy atom. The van der Waals surface area contributed by atoms with Gasteiger partial charge in [-0.3, -0.25) is 0 Å². The Balaban J connectivity index is 2.11. The normalized spacial score (nSPS) is 10.6. The van der Waals surface area contributed by atoms with Crippen molar-refractivity contribution in [2.24, 2.45) is 0 Å². The maximum atomic E-state index is 4.18. The van der Waals surface area contributed by atoms with Crippen LogP contribution in [0.15, 0.2) is 35.8 Å². The average molecular weight is 218 g/mol. The Morgan fingerprint density at radius 2 is 1.93 bits per heavy atom. The largest absolute Gasteiger partial charge is 0.332 e. The zero-order chi connectivity index (χ0) is 10.7. The average Bonchev–Trinajstić information content (AvgIpc) is 2.71. The number of nitrogens with zero attached hydrogens (tertiary/aromatic N) is 1. The monoisotopic (exact) mass is 218 g/mol. The number of benzene rings is 1. The third kappa shape index (κ3) is 2.57. The molecule has 1 N–H and O–H groups in total. The van der Waals surface area contributed by atoms with E-state index in [0.29, 0.717) is 5.92 Å². The first-order chi connectivity index (χ1) is 7.25. The van der Waals surface area contributed by atoms with E-state index in [1.807, 2.05) is 5.38 Å². The fourth-order valence-electron chi connectivity index (χ4n) is 1.36. The Bertz CT molecular complexity index is 404. The van der Waals surface area contributed by atoms with Crippen LogP contribution < -0.4 is 5.32 Å². The lowest BCUT2D eigenvalue weighted by molar-refractivity contribution is 0.867. The molecule has 0 spiro atoms. The lowest BCUT2D eigenvalue weighted by atomic mass is 10.0. The molecule has 0 amide bonds. The topological polar surface area (TPSA) is 24.9 Å². The molecular formula is C12H14N2S. The van der Waals surface area contributed by atoms with E-state index in [4.69, 9.17) is 0 Å². The fourth-order valence-corrected chi connectivity index (χ4v) is 1.91. The molecular weight excluding hydrogens is 204 g/mol. The Morgan fingerprint density at radius 3 is 2.47 bits per heavy atom. The quantitative estimate of drug-likeness (QED) is 0.842. The standard InChI is InChI=1S/C12H14N2S/c1-9(2)10-3-5-11(6-4-10)14-12-13-7-8-15-12/h3-9H,1-2H3,(H,13,14). The van der Waals surface area contributed by atoms with E-state index in [-0.39, 0.29) is 0 Å². The van der Waals surface area contributed by atoms with Crippen LogP contribution in [0, 0.1) is 0 Å². The van der Waals surface area contributed by atoms with Crippen molar-refractivity contribution in [3.05, 3.63) is 41.4 Å². The third-order valence-corrected chi connectivity index (χ3v) is 2.95. The molecule has 0 saturated carbocycles. The summed E-state index contributed by atoms with van der Waals surface area (Å²) in [5.74, 6) is 0.582. The molecule has 2 rings (SSSR count). The van der Waals surface area contributed by atoms with Crippen molar-refractivity contribution in [3.8, 4) is 0 Å². The molecule has 1 aromatic heterocycles. The van der Waals surface area contributed by atoms with Crippen LogP contribution >= 0.6 is 11.3 Å². The van der Waals surface area contributed by atoms with E-state index in [9.17, 15) is 0 Å². The summed E-state index contributed by atoms with van der Waals surface area (Å²) in [6.45, 7) is 4.40. The minimum Gasteiger partial charge on any atom is -0.332 e. The van der Waals surface area contributed by atoms with E-state index < -0.39 is 0 Å². The van der Waals surface area contributed by atoms with Crippen LogP contribution in [0.4, 0.5) is 10.8 Å². The summed E-state index contributed by atoms with van der Waals surface area (Å²) >= 11 is 1.61. The van der Waals surface area contributed by atoms with Gasteiger partial charge in [-0.25, -0.2) is 4.98 Å². The van der Waals surface area contributed by atoms with Crippen molar-refractivity contribution in [3.63, 3.8) is 0 Å². The summed E-state index contributed by atoms with van der Waals surface area (Å²) in [6.07, 6.45) is 1.80. The predicted octanol–water partition coefficient (Wildman–Crippen LogP) is 4.01. The Labute approximate surface area is 94.0 Å². The molecule has 3 heteroatoms. The van der Waals surface area contributed by atoms with Crippen LogP contribution in [-0.4, -0.2) is 4.98 Å². The first-order valence-corrected chi connectivity index (χ1v) is 5.90. The second kappa shape index (κ2) is 4.45. The molecule has 0 bridgehead atoms. The van der Waals surface area contributed by atoms with Gasteiger partial charge in [0.1, 0.15) is 0 Å². The molecule has 0 aliphatic carbocycles. The number of rotatable bonds is 3. The number of anilines is 2. The minimum absolute atomic E-state index is 0.582. The van der Waals surface area contributed by atoms with Crippen molar-refractivity contribution in [2.75, 3.05) is 5.32 Å². The van der Waals surface area contributed by atoms with Crippen LogP contribution in [0.2, 0.25) is 0 Å². The molecule has 15 heavy (non-hydrogen) atoms. The molecule has 1 aromatic carbocycles. The zero-order valence-electron chi connectivity index (χ0n) is 8.90. The predicted molar refractivity (Wildman–Crippen MR) is 65.9 cm³/mol. The molecule has 0 radical (unpaired) electrons. The Hall–Kier alpha value is -1.35. The van der Waals surface area contributed by atoms with Gasteiger partial charge in [0.2, 0.25) is 0 Å². The second-order valence-electron chi connectivity index (χ2n) is 3.74. The molecule has 0 atom stereocenters. The zero-order valence-corrected chi connectivity index (χ0v) is 9.71. The number of thiazole rings is 1. The van der Waals surface area contributed by atoms with Gasteiger partial charge in [-0.05, 0) is 23.6 Å². The van der Waals surface area contributed by atoms with Crippen LogP contribution in [0.5, 0.6) is 0 Å². The minimum atomic E-state index is 0.582. The molecule has 2 nitrogen and oxygen atoms in total. The van der Waals surface area contributed by atoms with Gasteiger partial charge in [-0.15, -0.1) is 11.3 Å². The summed E-state index contributed by atoms with van der Waals surface area (Å²) in [4.78, 5) is 4.18. The van der Waals surface area contributed by atoms with Crippen LogP contribution in [0.1, 0.15) is 25.3 Å². The molecule has 0 unspecified atom stereocenters. The summed E-state index contributed by atoms with van der Waals surface area (Å²) < 4.78 is 0. The molecule has 1 heterocycles. The summed E-state index contributed by atoms with van der Waals surface area (Å²) in [7, 11) is 0. The summed E-state index contributed by atoms with van der Waals surface area (Å²) in [5.41, 5.74) is 2.45. The second-order valence-corrected chi connectivity index (χ2v) is 4.63. The van der Waals surface area contributed by atoms with E-state index in [1.54, 1.807) is 17.5 Å². The molecule has 0 aliphatic rings. The molecule has 0 aliphatic heterocycles. The van der Waals surface area contributed by atoms with Crippen molar-refractivity contribution >= 4 is 22.2 Å². The van der Waals surface area contributed by atoms with Gasteiger partial charge >= 0.3 is 0 Å². The smallest absolute Gasteiger partial charge is 0.187 e.